The summed E-state index contributed by atoms with van der Waals surface area (Å²) in [4.78, 5) is 62.3. The summed E-state index contributed by atoms with van der Waals surface area (Å²) < 4.78 is 0. The Bertz CT molecular complexity index is 1140. The molecule has 1 saturated heterocycles. The molecule has 4 rings (SSSR count). The van der Waals surface area contributed by atoms with Crippen LogP contribution in [0.2, 0.25) is 0 Å². The molecule has 2 heterocycles. The standard InChI is InChI=1S/C24H23N3O5/c1-14-4-2-6-16(12-14)21(29)25-11-3-5-15-7-8-17-18(13-15)24(32)27(23(17)31)19-9-10-20(28)26-22(19)30/h2,4,6-8,12-13,19H,3,5,9-11H2,1H3,(H,25,29)(H,26,28,30). The first kappa shape index (κ1) is 21.4. The van der Waals surface area contributed by atoms with Gasteiger partial charge >= 0.3 is 0 Å². The second-order valence-corrected chi connectivity index (χ2v) is 8.06. The number of aryl methyl sites for hydroxylation is 2. The molecule has 0 spiro atoms. The Morgan fingerprint density at radius 2 is 1.84 bits per heavy atom. The number of fused-ring (bicyclic) bond motifs is 1. The summed E-state index contributed by atoms with van der Waals surface area (Å²) in [6.07, 6.45) is 1.49. The van der Waals surface area contributed by atoms with Gasteiger partial charge in [-0.05, 0) is 56.0 Å². The second kappa shape index (κ2) is 8.74. The minimum absolute atomic E-state index is 0.0866. The molecule has 2 aromatic carbocycles. The zero-order chi connectivity index (χ0) is 22.8. The van der Waals surface area contributed by atoms with E-state index in [1.807, 2.05) is 25.1 Å². The fraction of sp³-hybridized carbons (Fsp3) is 0.292. The van der Waals surface area contributed by atoms with Gasteiger partial charge in [-0.15, -0.1) is 0 Å². The van der Waals surface area contributed by atoms with E-state index in [0.29, 0.717) is 24.9 Å². The Kier molecular flexibility index (Phi) is 5.85. The van der Waals surface area contributed by atoms with Crippen LogP contribution in [-0.2, 0) is 16.0 Å². The molecule has 8 heteroatoms. The number of hydrogen-bond acceptors (Lipinski definition) is 5. The quantitative estimate of drug-likeness (QED) is 0.533. The van der Waals surface area contributed by atoms with E-state index in [1.165, 1.54) is 0 Å². The summed E-state index contributed by atoms with van der Waals surface area (Å²) in [6.45, 7) is 2.40. The third kappa shape index (κ3) is 4.16. The molecule has 32 heavy (non-hydrogen) atoms. The van der Waals surface area contributed by atoms with Crippen LogP contribution in [0.5, 0.6) is 0 Å². The lowest BCUT2D eigenvalue weighted by Gasteiger charge is -2.27. The van der Waals surface area contributed by atoms with E-state index in [1.54, 1.807) is 24.3 Å². The highest BCUT2D eigenvalue weighted by Crippen LogP contribution is 2.28. The van der Waals surface area contributed by atoms with Gasteiger partial charge in [0.25, 0.3) is 17.7 Å². The molecule has 8 nitrogen and oxygen atoms in total. The number of hydrogen-bond donors (Lipinski definition) is 2. The highest BCUT2D eigenvalue weighted by Gasteiger charge is 2.44. The van der Waals surface area contributed by atoms with E-state index < -0.39 is 29.7 Å². The number of rotatable bonds is 6. The Morgan fingerprint density at radius 1 is 1.06 bits per heavy atom. The van der Waals surface area contributed by atoms with Crippen molar-refractivity contribution in [2.24, 2.45) is 0 Å². The first-order valence-corrected chi connectivity index (χ1v) is 10.5. The largest absolute Gasteiger partial charge is 0.352 e. The van der Waals surface area contributed by atoms with Gasteiger partial charge < -0.3 is 5.32 Å². The van der Waals surface area contributed by atoms with Crippen molar-refractivity contribution < 1.29 is 24.0 Å². The second-order valence-electron chi connectivity index (χ2n) is 8.06. The van der Waals surface area contributed by atoms with Crippen molar-refractivity contribution in [3.05, 3.63) is 70.3 Å². The number of amides is 5. The predicted octanol–water partition coefficient (Wildman–Crippen LogP) is 1.76. The SMILES string of the molecule is Cc1cccc(C(=O)NCCCc2ccc3c(c2)C(=O)N(C2CCC(=O)NC2=O)C3=O)c1. The summed E-state index contributed by atoms with van der Waals surface area (Å²) in [5.41, 5.74) is 3.01. The first-order chi connectivity index (χ1) is 15.3. The molecule has 2 aliphatic heterocycles. The van der Waals surface area contributed by atoms with Crippen molar-refractivity contribution in [3.8, 4) is 0 Å². The van der Waals surface area contributed by atoms with Gasteiger partial charge in [0.05, 0.1) is 11.1 Å². The highest BCUT2D eigenvalue weighted by atomic mass is 16.2. The molecule has 0 saturated carbocycles. The van der Waals surface area contributed by atoms with Crippen LogP contribution in [0.15, 0.2) is 42.5 Å². The molecular formula is C24H23N3O5. The van der Waals surface area contributed by atoms with Crippen LogP contribution in [0.25, 0.3) is 0 Å². The van der Waals surface area contributed by atoms with Crippen molar-refractivity contribution in [2.75, 3.05) is 6.54 Å². The van der Waals surface area contributed by atoms with Crippen LogP contribution in [0.4, 0.5) is 0 Å². The maximum Gasteiger partial charge on any atom is 0.262 e. The zero-order valence-electron chi connectivity index (χ0n) is 17.6. The van der Waals surface area contributed by atoms with E-state index in [0.717, 1.165) is 16.0 Å². The zero-order valence-corrected chi connectivity index (χ0v) is 17.6. The molecule has 5 amide bonds. The van der Waals surface area contributed by atoms with E-state index in [-0.39, 0.29) is 29.9 Å². The van der Waals surface area contributed by atoms with Crippen LogP contribution < -0.4 is 10.6 Å². The molecule has 0 radical (unpaired) electrons. The van der Waals surface area contributed by atoms with Gasteiger partial charge in [0.15, 0.2) is 0 Å². The Balaban J connectivity index is 1.37. The Labute approximate surface area is 185 Å². The average molecular weight is 433 g/mol. The fourth-order valence-corrected chi connectivity index (χ4v) is 4.06. The lowest BCUT2D eigenvalue weighted by molar-refractivity contribution is -0.136. The fourth-order valence-electron chi connectivity index (χ4n) is 4.06. The smallest absolute Gasteiger partial charge is 0.262 e. The van der Waals surface area contributed by atoms with E-state index in [4.69, 9.17) is 0 Å². The number of piperidine rings is 1. The molecule has 1 atom stereocenters. The Morgan fingerprint density at radius 3 is 2.59 bits per heavy atom. The third-order valence-corrected chi connectivity index (χ3v) is 5.71. The summed E-state index contributed by atoms with van der Waals surface area (Å²) in [5.74, 6) is -2.20. The number of nitrogens with one attached hydrogen (secondary N) is 2. The van der Waals surface area contributed by atoms with Crippen molar-refractivity contribution in [2.45, 2.75) is 38.6 Å². The van der Waals surface area contributed by atoms with Crippen LogP contribution in [0.3, 0.4) is 0 Å². The van der Waals surface area contributed by atoms with E-state index in [2.05, 4.69) is 10.6 Å². The number of carbonyl (C=O) groups excluding carboxylic acids is 5. The molecule has 2 aromatic rings. The maximum absolute atomic E-state index is 12.9. The predicted molar refractivity (Wildman–Crippen MR) is 115 cm³/mol. The Hall–Kier alpha value is -3.81. The average Bonchev–Trinajstić information content (AvgIpc) is 3.01. The van der Waals surface area contributed by atoms with Gasteiger partial charge in [-0.25, -0.2) is 0 Å². The van der Waals surface area contributed by atoms with Crippen LogP contribution in [0, 0.1) is 6.92 Å². The monoisotopic (exact) mass is 433 g/mol. The molecule has 1 fully saturated rings. The number of nitrogens with zero attached hydrogens (tertiary/aromatic N) is 1. The highest BCUT2D eigenvalue weighted by molar-refractivity contribution is 6.23. The van der Waals surface area contributed by atoms with Crippen LogP contribution in [-0.4, -0.2) is 47.0 Å². The van der Waals surface area contributed by atoms with Gasteiger partial charge in [-0.3, -0.25) is 34.2 Å². The number of carbonyl (C=O) groups is 5. The molecule has 0 bridgehead atoms. The van der Waals surface area contributed by atoms with Gasteiger partial charge in [-0.1, -0.05) is 23.8 Å². The molecule has 2 aliphatic rings. The molecular weight excluding hydrogens is 410 g/mol. The lowest BCUT2D eigenvalue weighted by Crippen LogP contribution is -2.54. The molecule has 0 aliphatic carbocycles. The first-order valence-electron chi connectivity index (χ1n) is 10.5. The van der Waals surface area contributed by atoms with Crippen LogP contribution in [0.1, 0.15) is 61.5 Å². The van der Waals surface area contributed by atoms with Crippen molar-refractivity contribution >= 4 is 29.5 Å². The van der Waals surface area contributed by atoms with Gasteiger partial charge in [0.1, 0.15) is 6.04 Å². The molecule has 2 N–H and O–H groups in total. The minimum atomic E-state index is -0.972. The van der Waals surface area contributed by atoms with Crippen LogP contribution >= 0.6 is 0 Å². The topological polar surface area (TPSA) is 113 Å². The van der Waals surface area contributed by atoms with E-state index >= 15 is 0 Å². The normalized spacial score (nSPS) is 17.9. The summed E-state index contributed by atoms with van der Waals surface area (Å²) in [7, 11) is 0. The number of benzene rings is 2. The van der Waals surface area contributed by atoms with Gasteiger partial charge in [0.2, 0.25) is 11.8 Å². The molecule has 0 aromatic heterocycles. The minimum Gasteiger partial charge on any atom is -0.352 e. The molecule has 164 valence electrons. The number of imide groups is 2. The van der Waals surface area contributed by atoms with E-state index in [9.17, 15) is 24.0 Å². The van der Waals surface area contributed by atoms with Crippen molar-refractivity contribution in [1.29, 1.82) is 0 Å². The van der Waals surface area contributed by atoms with Crippen molar-refractivity contribution in [1.82, 2.24) is 15.5 Å². The van der Waals surface area contributed by atoms with Crippen molar-refractivity contribution in [3.63, 3.8) is 0 Å². The van der Waals surface area contributed by atoms with Gasteiger partial charge in [-0.2, -0.15) is 0 Å². The summed E-state index contributed by atoms with van der Waals surface area (Å²) >= 11 is 0. The summed E-state index contributed by atoms with van der Waals surface area (Å²) in [6, 6.07) is 11.4. The molecule has 1 unspecified atom stereocenters. The lowest BCUT2D eigenvalue weighted by atomic mass is 10.0. The maximum atomic E-state index is 12.9. The third-order valence-electron chi connectivity index (χ3n) is 5.71. The van der Waals surface area contributed by atoms with Gasteiger partial charge in [0, 0.05) is 18.5 Å². The summed E-state index contributed by atoms with van der Waals surface area (Å²) in [5, 5.41) is 5.07.